The van der Waals surface area contributed by atoms with Crippen molar-refractivity contribution in [3.05, 3.63) is 91.9 Å². The van der Waals surface area contributed by atoms with Crippen LogP contribution in [0.3, 0.4) is 0 Å². The maximum atomic E-state index is 12.6. The SMILES string of the molecule is C/C(=N/Nc1ccc(S(=O)(=O)Nc2ccc(Cl)cc2)cc1[N+](=O)[O-])c1ccc(Br)cc1.CS(C)=O. The minimum Gasteiger partial charge on any atom is -0.280 e. The number of sulfonamides is 1. The van der Waals surface area contributed by atoms with Gasteiger partial charge >= 0.3 is 0 Å². The van der Waals surface area contributed by atoms with Gasteiger partial charge in [0.05, 0.1) is 15.5 Å². The molecule has 0 heterocycles. The molecule has 3 aromatic carbocycles. The van der Waals surface area contributed by atoms with Crippen LogP contribution in [0.25, 0.3) is 0 Å². The summed E-state index contributed by atoms with van der Waals surface area (Å²) in [5, 5.41) is 16.2. The monoisotopic (exact) mass is 600 g/mol. The van der Waals surface area contributed by atoms with Crippen LogP contribution in [0.5, 0.6) is 0 Å². The molecule has 35 heavy (non-hydrogen) atoms. The first-order chi connectivity index (χ1) is 16.4. The summed E-state index contributed by atoms with van der Waals surface area (Å²) in [5.74, 6) is 0. The molecule has 3 rings (SSSR count). The van der Waals surface area contributed by atoms with Gasteiger partial charge in [-0.2, -0.15) is 5.10 Å². The Morgan fingerprint density at radius 1 is 1.06 bits per heavy atom. The number of nitro benzene ring substituents is 1. The molecule has 0 aliphatic rings. The fraction of sp³-hybridized carbons (Fsp3) is 0.136. The van der Waals surface area contributed by atoms with Crippen molar-refractivity contribution in [3.63, 3.8) is 0 Å². The molecule has 0 fully saturated rings. The van der Waals surface area contributed by atoms with Gasteiger partial charge in [0.25, 0.3) is 15.7 Å². The molecule has 0 spiro atoms. The van der Waals surface area contributed by atoms with Crippen molar-refractivity contribution < 1.29 is 17.6 Å². The van der Waals surface area contributed by atoms with Crippen molar-refractivity contribution in [1.82, 2.24) is 0 Å². The molecule has 186 valence electrons. The zero-order chi connectivity index (χ0) is 26.2. The molecule has 0 unspecified atom stereocenters. The summed E-state index contributed by atoms with van der Waals surface area (Å²) in [6.45, 7) is 1.75. The van der Waals surface area contributed by atoms with E-state index in [-0.39, 0.29) is 16.3 Å². The molecule has 9 nitrogen and oxygen atoms in total. The number of anilines is 2. The summed E-state index contributed by atoms with van der Waals surface area (Å²) in [6, 6.07) is 17.0. The van der Waals surface area contributed by atoms with Crippen LogP contribution in [0, 0.1) is 10.1 Å². The van der Waals surface area contributed by atoms with Crippen LogP contribution in [0.2, 0.25) is 5.02 Å². The number of nitro groups is 1. The Bertz CT molecular complexity index is 1350. The molecule has 2 N–H and O–H groups in total. The first-order valence-corrected chi connectivity index (χ1v) is 14.4. The average Bonchev–Trinajstić information content (AvgIpc) is 2.78. The summed E-state index contributed by atoms with van der Waals surface area (Å²) >= 11 is 9.15. The topological polar surface area (TPSA) is 131 Å². The molecule has 0 aromatic heterocycles. The number of hydrogen-bond acceptors (Lipinski definition) is 7. The minimum absolute atomic E-state index is 0.0619. The molecule has 0 bridgehead atoms. The Balaban J connectivity index is 0.00000100. The Labute approximate surface area is 219 Å². The molecule has 0 saturated heterocycles. The number of hydrazone groups is 1. The van der Waals surface area contributed by atoms with Gasteiger partial charge in [0.1, 0.15) is 5.69 Å². The molecule has 3 aromatic rings. The number of nitrogens with one attached hydrogen (secondary N) is 2. The van der Waals surface area contributed by atoms with Gasteiger partial charge < -0.3 is 0 Å². The Hall–Kier alpha value is -2.80. The molecule has 0 aliphatic heterocycles. The van der Waals surface area contributed by atoms with Crippen molar-refractivity contribution >= 4 is 71.1 Å². The number of benzene rings is 3. The lowest BCUT2D eigenvalue weighted by atomic mass is 10.1. The minimum atomic E-state index is -4.04. The van der Waals surface area contributed by atoms with Crippen LogP contribution < -0.4 is 10.1 Å². The summed E-state index contributed by atoms with van der Waals surface area (Å²) in [7, 11) is -4.65. The van der Waals surface area contributed by atoms with Crippen molar-refractivity contribution in [2.45, 2.75) is 11.8 Å². The van der Waals surface area contributed by atoms with E-state index in [0.717, 1.165) is 16.1 Å². The van der Waals surface area contributed by atoms with Crippen LogP contribution in [-0.2, 0) is 20.8 Å². The smallest absolute Gasteiger partial charge is 0.280 e. The number of hydrogen-bond donors (Lipinski definition) is 2. The highest BCUT2D eigenvalue weighted by atomic mass is 79.9. The lowest BCUT2D eigenvalue weighted by Crippen LogP contribution is -2.13. The van der Waals surface area contributed by atoms with Gasteiger partial charge in [0, 0.05) is 44.6 Å². The van der Waals surface area contributed by atoms with Gasteiger partial charge in [-0.05, 0) is 61.0 Å². The van der Waals surface area contributed by atoms with Crippen LogP contribution >= 0.6 is 27.5 Å². The normalized spacial score (nSPS) is 11.4. The highest BCUT2D eigenvalue weighted by Gasteiger charge is 2.21. The second kappa shape index (κ2) is 12.8. The summed E-state index contributed by atoms with van der Waals surface area (Å²) in [4.78, 5) is 10.6. The zero-order valence-corrected chi connectivity index (χ0v) is 22.8. The molecule has 13 heteroatoms. The molecular formula is C22H22BrClN4O5S2. The van der Waals surface area contributed by atoms with E-state index in [1.807, 2.05) is 24.3 Å². The summed E-state index contributed by atoms with van der Waals surface area (Å²) in [5.41, 5.74) is 3.99. The number of halogens is 2. The van der Waals surface area contributed by atoms with Crippen molar-refractivity contribution in [3.8, 4) is 0 Å². The van der Waals surface area contributed by atoms with E-state index in [4.69, 9.17) is 11.6 Å². The molecule has 0 atom stereocenters. The lowest BCUT2D eigenvalue weighted by Gasteiger charge is -2.10. The van der Waals surface area contributed by atoms with Crippen LogP contribution in [-0.4, -0.2) is 35.8 Å². The first kappa shape index (κ1) is 28.4. The van der Waals surface area contributed by atoms with Crippen LogP contribution in [0.1, 0.15) is 12.5 Å². The van der Waals surface area contributed by atoms with E-state index < -0.39 is 31.4 Å². The largest absolute Gasteiger partial charge is 0.295 e. The quantitative estimate of drug-likeness (QED) is 0.205. The second-order valence-electron chi connectivity index (χ2n) is 7.11. The maximum absolute atomic E-state index is 12.6. The highest BCUT2D eigenvalue weighted by molar-refractivity contribution is 9.10. The van der Waals surface area contributed by atoms with Gasteiger partial charge in [-0.1, -0.05) is 39.7 Å². The lowest BCUT2D eigenvalue weighted by molar-refractivity contribution is -0.384. The van der Waals surface area contributed by atoms with E-state index in [9.17, 15) is 22.7 Å². The third-order valence-corrected chi connectivity index (χ3v) is 6.34. The molecule has 0 radical (unpaired) electrons. The van der Waals surface area contributed by atoms with E-state index in [1.165, 1.54) is 36.4 Å². The van der Waals surface area contributed by atoms with Crippen molar-refractivity contribution in [2.75, 3.05) is 22.7 Å². The predicted octanol–water partition coefficient (Wildman–Crippen LogP) is 5.64. The van der Waals surface area contributed by atoms with E-state index >= 15 is 0 Å². The van der Waals surface area contributed by atoms with Crippen LogP contribution in [0.4, 0.5) is 17.1 Å². The van der Waals surface area contributed by atoms with Gasteiger partial charge in [-0.25, -0.2) is 8.42 Å². The summed E-state index contributed by atoms with van der Waals surface area (Å²) in [6.07, 6.45) is 3.28. The van der Waals surface area contributed by atoms with Gasteiger partial charge in [0.2, 0.25) is 0 Å². The third-order valence-electron chi connectivity index (χ3n) is 4.18. The first-order valence-electron chi connectivity index (χ1n) is 9.77. The Morgan fingerprint density at radius 2 is 1.63 bits per heavy atom. The second-order valence-corrected chi connectivity index (χ2v) is 11.6. The number of rotatable bonds is 7. The highest BCUT2D eigenvalue weighted by Crippen LogP contribution is 2.29. The Morgan fingerprint density at radius 3 is 2.17 bits per heavy atom. The standard InChI is InChI=1S/C20H16BrClN4O4S.C2H6OS/c1-13(14-2-4-15(21)5-3-14)23-24-19-11-10-18(12-20(19)26(27)28)31(29,30)25-17-8-6-16(22)7-9-17;1-4(2)3/h2-12,24-25H,1H3;1-2H3/b23-13-;. The van der Waals surface area contributed by atoms with Gasteiger partial charge in [-0.15, -0.1) is 0 Å². The van der Waals surface area contributed by atoms with Crippen LogP contribution in [0.15, 0.2) is 81.2 Å². The molecular weight excluding hydrogens is 580 g/mol. The van der Waals surface area contributed by atoms with E-state index in [1.54, 1.807) is 19.4 Å². The third kappa shape index (κ3) is 9.06. The Kier molecular flexibility index (Phi) is 10.4. The predicted molar refractivity (Wildman–Crippen MR) is 145 cm³/mol. The van der Waals surface area contributed by atoms with E-state index in [2.05, 4.69) is 31.2 Å². The number of nitrogens with zero attached hydrogens (tertiary/aromatic N) is 2. The molecule has 0 saturated carbocycles. The van der Waals surface area contributed by atoms with Crippen molar-refractivity contribution in [2.24, 2.45) is 5.10 Å². The van der Waals surface area contributed by atoms with Crippen molar-refractivity contribution in [1.29, 1.82) is 0 Å². The maximum Gasteiger partial charge on any atom is 0.295 e. The summed E-state index contributed by atoms with van der Waals surface area (Å²) < 4.78 is 38.1. The zero-order valence-electron chi connectivity index (χ0n) is 18.9. The molecule has 0 amide bonds. The van der Waals surface area contributed by atoms with E-state index in [0.29, 0.717) is 10.7 Å². The molecule has 0 aliphatic carbocycles. The average molecular weight is 602 g/mol. The van der Waals surface area contributed by atoms with Gasteiger partial charge in [-0.3, -0.25) is 24.5 Å². The fourth-order valence-corrected chi connectivity index (χ4v) is 4.02. The van der Waals surface area contributed by atoms with Gasteiger partial charge in [0.15, 0.2) is 0 Å². The fourth-order valence-electron chi connectivity index (χ4n) is 2.56.